The van der Waals surface area contributed by atoms with E-state index < -0.39 is 0 Å². The highest BCUT2D eigenvalue weighted by Gasteiger charge is 2.22. The van der Waals surface area contributed by atoms with E-state index in [9.17, 15) is 4.39 Å². The molecule has 0 saturated heterocycles. The van der Waals surface area contributed by atoms with E-state index in [0.717, 1.165) is 12.8 Å². The molecule has 0 aliphatic heterocycles. The topological polar surface area (TPSA) is 12.5 Å². The maximum Gasteiger partial charge on any atom is 0.260 e. The first kappa shape index (κ1) is 16.9. The summed E-state index contributed by atoms with van der Waals surface area (Å²) in [6, 6.07) is 7.25. The van der Waals surface area contributed by atoms with Crippen molar-refractivity contribution >= 4 is 17.4 Å². The number of ether oxygens (including phenoxy) is 1. The van der Waals surface area contributed by atoms with Gasteiger partial charge in [-0.05, 0) is 45.0 Å². The van der Waals surface area contributed by atoms with Crippen molar-refractivity contribution in [3.63, 3.8) is 0 Å². The zero-order valence-corrected chi connectivity index (χ0v) is 13.5. The van der Waals surface area contributed by atoms with E-state index in [0.29, 0.717) is 22.8 Å². The van der Waals surface area contributed by atoms with Crippen LogP contribution in [-0.2, 0) is 11.3 Å². The number of thiocarbonyl (C=S) groups is 1. The summed E-state index contributed by atoms with van der Waals surface area (Å²) in [6.07, 6.45) is 1.99. The second-order valence-corrected chi connectivity index (χ2v) is 5.42. The number of benzene rings is 1. The first-order valence-corrected chi connectivity index (χ1v) is 7.60. The molecular weight excluding hydrogens is 273 g/mol. The van der Waals surface area contributed by atoms with Crippen LogP contribution >= 0.6 is 12.2 Å². The fourth-order valence-corrected chi connectivity index (χ4v) is 2.44. The Hall–Kier alpha value is -1.16. The summed E-state index contributed by atoms with van der Waals surface area (Å²) in [4.78, 5) is 2.11. The summed E-state index contributed by atoms with van der Waals surface area (Å²) >= 11 is 5.38. The first-order valence-electron chi connectivity index (χ1n) is 7.19. The molecule has 2 nitrogen and oxygen atoms in total. The van der Waals surface area contributed by atoms with Crippen LogP contribution in [0.2, 0.25) is 0 Å². The van der Waals surface area contributed by atoms with Gasteiger partial charge in [-0.3, -0.25) is 0 Å². The highest BCUT2D eigenvalue weighted by Crippen LogP contribution is 2.15. The van der Waals surface area contributed by atoms with Crippen molar-refractivity contribution < 1.29 is 9.13 Å². The fourth-order valence-electron chi connectivity index (χ4n) is 2.02. The molecule has 0 amide bonds. The van der Waals surface area contributed by atoms with Gasteiger partial charge in [0.15, 0.2) is 0 Å². The van der Waals surface area contributed by atoms with E-state index in [2.05, 4.69) is 32.6 Å². The zero-order chi connectivity index (χ0) is 15.1. The molecule has 2 unspecified atom stereocenters. The van der Waals surface area contributed by atoms with Crippen LogP contribution in [0.4, 0.5) is 4.39 Å². The van der Waals surface area contributed by atoms with E-state index in [1.165, 1.54) is 6.07 Å². The van der Waals surface area contributed by atoms with Crippen LogP contribution in [0.5, 0.6) is 0 Å². The Labute approximate surface area is 126 Å². The Kier molecular flexibility index (Phi) is 6.93. The van der Waals surface area contributed by atoms with Gasteiger partial charge in [-0.25, -0.2) is 4.39 Å². The van der Waals surface area contributed by atoms with Gasteiger partial charge in [-0.1, -0.05) is 32.0 Å². The van der Waals surface area contributed by atoms with Gasteiger partial charge in [-0.15, -0.1) is 0 Å². The molecule has 0 aliphatic rings. The third-order valence-electron chi connectivity index (χ3n) is 3.65. The van der Waals surface area contributed by atoms with Crippen molar-refractivity contribution in [2.75, 3.05) is 0 Å². The minimum atomic E-state index is -0.256. The SMILES string of the molecule is CCC(C)N(C(=S)OCc1ccccc1F)C(C)CC. The average molecular weight is 297 g/mol. The minimum absolute atomic E-state index is 0.175. The maximum atomic E-state index is 13.6. The molecule has 0 fully saturated rings. The third kappa shape index (κ3) is 4.44. The lowest BCUT2D eigenvalue weighted by atomic mass is 10.1. The molecule has 0 saturated carbocycles. The van der Waals surface area contributed by atoms with Gasteiger partial charge in [-0.2, -0.15) is 0 Å². The van der Waals surface area contributed by atoms with Crippen molar-refractivity contribution in [2.24, 2.45) is 0 Å². The molecule has 1 rings (SSSR count). The Bertz CT molecular complexity index is 428. The molecule has 4 heteroatoms. The van der Waals surface area contributed by atoms with E-state index in [1.54, 1.807) is 18.2 Å². The van der Waals surface area contributed by atoms with Crippen LogP contribution in [0, 0.1) is 5.82 Å². The van der Waals surface area contributed by atoms with Crippen LogP contribution in [0.1, 0.15) is 46.1 Å². The third-order valence-corrected chi connectivity index (χ3v) is 3.98. The van der Waals surface area contributed by atoms with Crippen LogP contribution < -0.4 is 0 Å². The van der Waals surface area contributed by atoms with Crippen molar-refractivity contribution in [3.05, 3.63) is 35.6 Å². The highest BCUT2D eigenvalue weighted by atomic mass is 32.1. The highest BCUT2D eigenvalue weighted by molar-refractivity contribution is 7.80. The molecule has 112 valence electrons. The van der Waals surface area contributed by atoms with E-state index in [-0.39, 0.29) is 12.4 Å². The number of hydrogen-bond donors (Lipinski definition) is 0. The Balaban J connectivity index is 2.69. The molecule has 0 N–H and O–H groups in total. The average Bonchev–Trinajstić information content (AvgIpc) is 2.46. The molecule has 2 atom stereocenters. The summed E-state index contributed by atoms with van der Waals surface area (Å²) in [7, 11) is 0. The van der Waals surface area contributed by atoms with E-state index >= 15 is 0 Å². The van der Waals surface area contributed by atoms with Crippen molar-refractivity contribution in [1.82, 2.24) is 4.90 Å². The Morgan fingerprint density at radius 1 is 1.20 bits per heavy atom. The molecule has 0 heterocycles. The normalized spacial score (nSPS) is 13.7. The Morgan fingerprint density at radius 3 is 2.25 bits per heavy atom. The molecular formula is C16H24FNOS. The molecule has 0 aromatic heterocycles. The predicted molar refractivity (Wildman–Crippen MR) is 85.1 cm³/mol. The predicted octanol–water partition coefficient (Wildman–Crippen LogP) is 4.53. The standard InChI is InChI=1S/C16H24FNOS/c1-5-12(3)18(13(4)6-2)16(20)19-11-14-9-7-8-10-15(14)17/h7-10,12-13H,5-6,11H2,1-4H3. The lowest BCUT2D eigenvalue weighted by molar-refractivity contribution is 0.168. The van der Waals surface area contributed by atoms with Gasteiger partial charge < -0.3 is 9.64 Å². The summed E-state index contributed by atoms with van der Waals surface area (Å²) < 4.78 is 19.2. The van der Waals surface area contributed by atoms with Crippen LogP contribution in [0.3, 0.4) is 0 Å². The smallest absolute Gasteiger partial charge is 0.260 e. The van der Waals surface area contributed by atoms with Crippen molar-refractivity contribution in [2.45, 2.75) is 59.2 Å². The summed E-state index contributed by atoms with van der Waals surface area (Å²) in [5.41, 5.74) is 0.531. The minimum Gasteiger partial charge on any atom is -0.466 e. The number of nitrogens with zero attached hydrogens (tertiary/aromatic N) is 1. The number of halogens is 1. The second kappa shape index (κ2) is 8.20. The quantitative estimate of drug-likeness (QED) is 0.716. The van der Waals surface area contributed by atoms with Gasteiger partial charge in [0.1, 0.15) is 12.4 Å². The largest absolute Gasteiger partial charge is 0.466 e. The number of rotatable bonds is 6. The van der Waals surface area contributed by atoms with Crippen LogP contribution in [0.15, 0.2) is 24.3 Å². The van der Waals surface area contributed by atoms with Gasteiger partial charge in [0.2, 0.25) is 0 Å². The van der Waals surface area contributed by atoms with E-state index in [4.69, 9.17) is 17.0 Å². The Morgan fingerprint density at radius 2 is 1.75 bits per heavy atom. The molecule has 0 spiro atoms. The van der Waals surface area contributed by atoms with Crippen LogP contribution in [0.25, 0.3) is 0 Å². The molecule has 1 aromatic rings. The fraction of sp³-hybridized carbons (Fsp3) is 0.562. The second-order valence-electron chi connectivity index (χ2n) is 5.07. The molecule has 1 aromatic carbocycles. The maximum absolute atomic E-state index is 13.6. The van der Waals surface area contributed by atoms with Gasteiger partial charge in [0.05, 0.1) is 0 Å². The molecule has 20 heavy (non-hydrogen) atoms. The molecule has 0 bridgehead atoms. The van der Waals surface area contributed by atoms with Gasteiger partial charge in [0, 0.05) is 17.6 Å². The van der Waals surface area contributed by atoms with E-state index in [1.807, 2.05) is 0 Å². The molecule has 0 radical (unpaired) electrons. The van der Waals surface area contributed by atoms with Gasteiger partial charge in [0.25, 0.3) is 5.17 Å². The van der Waals surface area contributed by atoms with Gasteiger partial charge >= 0.3 is 0 Å². The monoisotopic (exact) mass is 297 g/mol. The van der Waals surface area contributed by atoms with Crippen molar-refractivity contribution in [1.29, 1.82) is 0 Å². The molecule has 0 aliphatic carbocycles. The summed E-state index contributed by atoms with van der Waals surface area (Å²) in [6.45, 7) is 8.68. The van der Waals surface area contributed by atoms with Crippen molar-refractivity contribution in [3.8, 4) is 0 Å². The summed E-state index contributed by atoms with van der Waals surface area (Å²) in [5.74, 6) is -0.256. The summed E-state index contributed by atoms with van der Waals surface area (Å²) in [5, 5.41) is 0.456. The lowest BCUT2D eigenvalue weighted by Crippen LogP contribution is -2.44. The zero-order valence-electron chi connectivity index (χ0n) is 12.7. The lowest BCUT2D eigenvalue weighted by Gasteiger charge is -2.35. The first-order chi connectivity index (χ1) is 9.51. The van der Waals surface area contributed by atoms with Crippen LogP contribution in [-0.4, -0.2) is 22.2 Å². The number of hydrogen-bond acceptors (Lipinski definition) is 2.